The molecule has 0 aromatic heterocycles. The van der Waals surface area contributed by atoms with Crippen molar-refractivity contribution in [3.05, 3.63) is 89.0 Å². The molecule has 0 saturated heterocycles. The van der Waals surface area contributed by atoms with Crippen LogP contribution in [-0.2, 0) is 16.8 Å². The Balaban J connectivity index is 1.48. The van der Waals surface area contributed by atoms with Gasteiger partial charge in [0.05, 0.1) is 0 Å². The zero-order valence-corrected chi connectivity index (χ0v) is 21.3. The van der Waals surface area contributed by atoms with E-state index in [9.17, 15) is 19.5 Å². The van der Waals surface area contributed by atoms with Gasteiger partial charge < -0.3 is 15.3 Å². The highest BCUT2D eigenvalue weighted by Gasteiger charge is 2.38. The molecule has 1 aliphatic heterocycles. The van der Waals surface area contributed by atoms with Crippen LogP contribution in [0.5, 0.6) is 0 Å². The van der Waals surface area contributed by atoms with E-state index < -0.39 is 12.0 Å². The molecule has 2 amide bonds. The minimum atomic E-state index is -0.992. The van der Waals surface area contributed by atoms with Crippen molar-refractivity contribution in [2.45, 2.75) is 52.6 Å². The third kappa shape index (κ3) is 5.03. The number of carboxylic acids is 1. The van der Waals surface area contributed by atoms with Crippen LogP contribution in [0.1, 0.15) is 66.5 Å². The zero-order chi connectivity index (χ0) is 26.2. The van der Waals surface area contributed by atoms with E-state index >= 15 is 0 Å². The van der Waals surface area contributed by atoms with Gasteiger partial charge in [0.25, 0.3) is 11.8 Å². The third-order valence-electron chi connectivity index (χ3n) is 6.65. The van der Waals surface area contributed by atoms with Gasteiger partial charge >= 0.3 is 5.97 Å². The van der Waals surface area contributed by atoms with Gasteiger partial charge in [-0.05, 0) is 63.9 Å². The lowest BCUT2D eigenvalue weighted by atomic mass is 9.87. The Morgan fingerprint density at radius 3 is 2.08 bits per heavy atom. The van der Waals surface area contributed by atoms with Crippen molar-refractivity contribution in [3.63, 3.8) is 0 Å². The summed E-state index contributed by atoms with van der Waals surface area (Å²) < 4.78 is 0. The van der Waals surface area contributed by atoms with E-state index in [1.807, 2.05) is 80.6 Å². The third-order valence-corrected chi connectivity index (χ3v) is 6.65. The topological polar surface area (TPSA) is 86.7 Å². The highest BCUT2D eigenvalue weighted by Crippen LogP contribution is 2.32. The molecule has 0 spiro atoms. The van der Waals surface area contributed by atoms with Crippen LogP contribution in [0.15, 0.2) is 66.7 Å². The number of carbonyl (C=O) groups excluding carboxylic acids is 2. The number of aliphatic carboxylic acids is 1. The van der Waals surface area contributed by atoms with Crippen molar-refractivity contribution < 1.29 is 19.5 Å². The van der Waals surface area contributed by atoms with Crippen LogP contribution in [-0.4, -0.2) is 33.8 Å². The molecule has 4 rings (SSSR count). The molecule has 1 heterocycles. The van der Waals surface area contributed by atoms with Gasteiger partial charge in [0.1, 0.15) is 6.04 Å². The second kappa shape index (κ2) is 9.61. The fraction of sp³-hybridized carbons (Fsp3) is 0.300. The zero-order valence-electron chi connectivity index (χ0n) is 21.3. The molecule has 0 unspecified atom stereocenters. The van der Waals surface area contributed by atoms with Gasteiger partial charge in [-0.1, -0.05) is 71.0 Å². The molecule has 36 heavy (non-hydrogen) atoms. The van der Waals surface area contributed by atoms with E-state index in [0.717, 1.165) is 16.7 Å². The summed E-state index contributed by atoms with van der Waals surface area (Å²) in [7, 11) is 0. The maximum Gasteiger partial charge on any atom is 0.326 e. The summed E-state index contributed by atoms with van der Waals surface area (Å²) in [5.41, 5.74) is 5.58. The fourth-order valence-corrected chi connectivity index (χ4v) is 4.58. The molecular formula is C30H32N2O4. The van der Waals surface area contributed by atoms with Gasteiger partial charge in [-0.15, -0.1) is 0 Å². The number of nitrogens with zero attached hydrogens (tertiary/aromatic N) is 1. The second-order valence-electron chi connectivity index (χ2n) is 10.7. The number of benzene rings is 3. The van der Waals surface area contributed by atoms with Crippen LogP contribution in [0.3, 0.4) is 0 Å². The Hall–Kier alpha value is -3.93. The summed E-state index contributed by atoms with van der Waals surface area (Å²) in [4.78, 5) is 38.9. The van der Waals surface area contributed by atoms with E-state index in [1.54, 1.807) is 0 Å². The molecule has 3 aromatic carbocycles. The number of carboxylic acid groups (broad SMARTS) is 1. The monoisotopic (exact) mass is 484 g/mol. The molecule has 6 nitrogen and oxygen atoms in total. The molecule has 2 N–H and O–H groups in total. The highest BCUT2D eigenvalue weighted by molar-refractivity contribution is 6.04. The van der Waals surface area contributed by atoms with E-state index in [4.69, 9.17) is 0 Å². The fourth-order valence-electron chi connectivity index (χ4n) is 4.58. The maximum atomic E-state index is 13.0. The normalized spacial score (nSPS) is 14.1. The first-order valence-corrected chi connectivity index (χ1v) is 12.1. The lowest BCUT2D eigenvalue weighted by Crippen LogP contribution is -2.44. The van der Waals surface area contributed by atoms with Crippen molar-refractivity contribution in [2.24, 2.45) is 5.92 Å². The first-order chi connectivity index (χ1) is 17.0. The van der Waals surface area contributed by atoms with Gasteiger partial charge in [0, 0.05) is 23.4 Å². The number of anilines is 1. The Kier molecular flexibility index (Phi) is 6.72. The predicted molar refractivity (Wildman–Crippen MR) is 141 cm³/mol. The van der Waals surface area contributed by atoms with Crippen molar-refractivity contribution in [1.82, 2.24) is 4.90 Å². The summed E-state index contributed by atoms with van der Waals surface area (Å²) in [6.45, 7) is 10.3. The second-order valence-corrected chi connectivity index (χ2v) is 10.7. The van der Waals surface area contributed by atoms with E-state index in [1.165, 1.54) is 10.5 Å². The molecule has 0 fully saturated rings. The molecule has 0 bridgehead atoms. The number of carbonyl (C=O) groups is 3. The summed E-state index contributed by atoms with van der Waals surface area (Å²) in [6, 6.07) is 19.9. The quantitative estimate of drug-likeness (QED) is 0.451. The Morgan fingerprint density at radius 1 is 0.917 bits per heavy atom. The molecule has 0 saturated carbocycles. The van der Waals surface area contributed by atoms with E-state index in [0.29, 0.717) is 23.4 Å². The summed E-state index contributed by atoms with van der Waals surface area (Å²) in [5, 5.41) is 12.5. The molecule has 6 heteroatoms. The van der Waals surface area contributed by atoms with E-state index in [2.05, 4.69) is 26.1 Å². The van der Waals surface area contributed by atoms with Crippen LogP contribution in [0.2, 0.25) is 0 Å². The Morgan fingerprint density at radius 2 is 1.53 bits per heavy atom. The van der Waals surface area contributed by atoms with E-state index in [-0.39, 0.29) is 23.1 Å². The molecule has 1 atom stereocenters. The molecule has 3 aromatic rings. The summed E-state index contributed by atoms with van der Waals surface area (Å²) in [6.07, 6.45) is 0. The van der Waals surface area contributed by atoms with Crippen molar-refractivity contribution in [1.29, 1.82) is 0 Å². The average Bonchev–Trinajstić information content (AvgIpc) is 3.14. The van der Waals surface area contributed by atoms with Gasteiger partial charge in [-0.25, -0.2) is 4.79 Å². The minimum absolute atomic E-state index is 0.0255. The molecule has 0 aliphatic carbocycles. The smallest absolute Gasteiger partial charge is 0.326 e. The Labute approximate surface area is 212 Å². The maximum absolute atomic E-state index is 13.0. The lowest BCUT2D eigenvalue weighted by molar-refractivity contribution is -0.144. The average molecular weight is 485 g/mol. The van der Waals surface area contributed by atoms with Crippen LogP contribution in [0.4, 0.5) is 5.69 Å². The largest absolute Gasteiger partial charge is 0.480 e. The number of hydrogen-bond donors (Lipinski definition) is 2. The molecule has 186 valence electrons. The first-order valence-electron chi connectivity index (χ1n) is 12.1. The van der Waals surface area contributed by atoms with Crippen molar-refractivity contribution >= 4 is 23.5 Å². The van der Waals surface area contributed by atoms with Crippen molar-refractivity contribution in [2.75, 3.05) is 5.32 Å². The number of nitrogens with one attached hydrogen (secondary N) is 1. The van der Waals surface area contributed by atoms with Gasteiger partial charge in [0.15, 0.2) is 0 Å². The van der Waals surface area contributed by atoms with Crippen LogP contribution in [0.25, 0.3) is 11.1 Å². The van der Waals surface area contributed by atoms with Gasteiger partial charge in [-0.3, -0.25) is 9.59 Å². The van der Waals surface area contributed by atoms with Crippen LogP contribution < -0.4 is 5.32 Å². The highest BCUT2D eigenvalue weighted by atomic mass is 16.4. The predicted octanol–water partition coefficient (Wildman–Crippen LogP) is 5.97. The Bertz CT molecular complexity index is 1300. The molecule has 1 aliphatic rings. The van der Waals surface area contributed by atoms with Crippen LogP contribution in [0, 0.1) is 5.92 Å². The SMILES string of the molecule is CC(C)[C@@H](C(=O)O)N1Cc2ccc(-c3ccc(NC(=O)c4ccc(C(C)(C)C)cc4)cc3)cc2C1=O. The molecule has 0 radical (unpaired) electrons. The van der Waals surface area contributed by atoms with Gasteiger partial charge in [0.2, 0.25) is 0 Å². The van der Waals surface area contributed by atoms with Gasteiger partial charge in [-0.2, -0.15) is 0 Å². The number of rotatable bonds is 6. The lowest BCUT2D eigenvalue weighted by Gasteiger charge is -2.27. The van der Waals surface area contributed by atoms with Crippen LogP contribution >= 0.6 is 0 Å². The summed E-state index contributed by atoms with van der Waals surface area (Å²) >= 11 is 0. The minimum Gasteiger partial charge on any atom is -0.480 e. The number of fused-ring (bicyclic) bond motifs is 1. The summed E-state index contributed by atoms with van der Waals surface area (Å²) in [5.74, 6) is -1.62. The van der Waals surface area contributed by atoms with Crippen molar-refractivity contribution in [3.8, 4) is 11.1 Å². The number of amides is 2. The standard InChI is InChI=1S/C30H32N2O4/c1-18(2)26(29(35)36)32-17-22-7-6-21(16-25(22)28(32)34)19-10-14-24(15-11-19)31-27(33)20-8-12-23(13-9-20)30(3,4)5/h6-16,18,26H,17H2,1-5H3,(H,31,33)(H,35,36)/t26-/m0/s1. The molecular weight excluding hydrogens is 452 g/mol. The first kappa shape index (κ1) is 25.2. The number of hydrogen-bond acceptors (Lipinski definition) is 3.